The molecule has 2 amide bonds. The van der Waals surface area contributed by atoms with Gasteiger partial charge in [0.15, 0.2) is 12.5 Å². The van der Waals surface area contributed by atoms with E-state index in [0.717, 1.165) is 12.2 Å². The van der Waals surface area contributed by atoms with E-state index >= 15 is 0 Å². The summed E-state index contributed by atoms with van der Waals surface area (Å²) in [5.41, 5.74) is 0. The highest BCUT2D eigenvalue weighted by Crippen LogP contribution is 2.42. The van der Waals surface area contributed by atoms with Crippen molar-refractivity contribution in [3.63, 3.8) is 0 Å². The number of rotatable bonds is 8. The van der Waals surface area contributed by atoms with Crippen LogP contribution in [0.15, 0.2) is 73.8 Å². The molecule has 2 atom stereocenters. The maximum Gasteiger partial charge on any atom is 0.415 e. The minimum absolute atomic E-state index is 0.210. The molecule has 0 fully saturated rings. The Balaban J connectivity index is 1.95. The second-order valence-electron chi connectivity index (χ2n) is 7.38. The lowest BCUT2D eigenvalue weighted by Gasteiger charge is -2.19. The van der Waals surface area contributed by atoms with E-state index in [-0.39, 0.29) is 11.5 Å². The van der Waals surface area contributed by atoms with Gasteiger partial charge in [-0.1, -0.05) is 61.7 Å². The summed E-state index contributed by atoms with van der Waals surface area (Å²) in [5.74, 6) is -0.983. The Bertz CT molecular complexity index is 1190. The lowest BCUT2D eigenvalue weighted by molar-refractivity contribution is -0.144. The van der Waals surface area contributed by atoms with Gasteiger partial charge >= 0.3 is 24.1 Å². The van der Waals surface area contributed by atoms with Crippen LogP contribution in [0.5, 0.6) is 11.5 Å². The van der Waals surface area contributed by atoms with Crippen LogP contribution in [0.1, 0.15) is 13.8 Å². The van der Waals surface area contributed by atoms with E-state index in [1.807, 2.05) is 0 Å². The Morgan fingerprint density at radius 2 is 0.972 bits per heavy atom. The highest BCUT2D eigenvalue weighted by molar-refractivity contribution is 6.12. The van der Waals surface area contributed by atoms with Gasteiger partial charge in [-0.2, -0.15) is 0 Å². The van der Waals surface area contributed by atoms with Crippen molar-refractivity contribution >= 4 is 45.7 Å². The summed E-state index contributed by atoms with van der Waals surface area (Å²) in [4.78, 5) is 47.9. The molecule has 0 spiro atoms. The van der Waals surface area contributed by atoms with E-state index in [4.69, 9.17) is 18.9 Å². The van der Waals surface area contributed by atoms with Gasteiger partial charge in [0.25, 0.3) is 0 Å². The molecule has 186 valence electrons. The summed E-state index contributed by atoms with van der Waals surface area (Å²) < 4.78 is 21.1. The van der Waals surface area contributed by atoms with Gasteiger partial charge in [0.05, 0.1) is 0 Å². The minimum Gasteiger partial charge on any atom is -0.439 e. The van der Waals surface area contributed by atoms with E-state index in [9.17, 15) is 19.2 Å². The van der Waals surface area contributed by atoms with Crippen molar-refractivity contribution in [2.24, 2.45) is 0 Å². The normalized spacial score (nSPS) is 12.1. The maximum atomic E-state index is 12.6. The molecule has 0 radical (unpaired) electrons. The predicted octanol–water partition coefficient (Wildman–Crippen LogP) is 4.32. The molecule has 0 aromatic heterocycles. The molecule has 0 aliphatic heterocycles. The van der Waals surface area contributed by atoms with Gasteiger partial charge < -0.3 is 18.9 Å². The molecule has 2 unspecified atom stereocenters. The van der Waals surface area contributed by atoms with Crippen molar-refractivity contribution in [1.82, 2.24) is 10.6 Å². The first-order valence-electron chi connectivity index (χ1n) is 10.8. The topological polar surface area (TPSA) is 129 Å². The smallest absolute Gasteiger partial charge is 0.415 e. The molecule has 3 aromatic rings. The lowest BCUT2D eigenvalue weighted by atomic mass is 10.0. The standard InChI is InChI=1S/C26H24N2O8/c1-5-21(29)33-15(3)27-25(31)35-23-17-11-7-9-13-19(17)24(20-14-10-8-12-18(20)23)36-26(32)28-16(4)34-22(30)6-2/h5-16H,1-2H2,3-4H3,(H,27,31)(H,28,32). The summed E-state index contributed by atoms with van der Waals surface area (Å²) in [6.45, 7) is 9.53. The number of carbonyl (C=O) groups is 4. The Morgan fingerprint density at radius 3 is 1.25 bits per heavy atom. The SMILES string of the molecule is C=CC(=O)OC(C)NC(=O)Oc1c2ccccc2c(OC(=O)NC(C)OC(=O)C=C)c2ccccc12. The number of amides is 2. The Kier molecular flexibility index (Phi) is 8.24. The van der Waals surface area contributed by atoms with Crippen molar-refractivity contribution in [2.75, 3.05) is 0 Å². The molecule has 0 heterocycles. The largest absolute Gasteiger partial charge is 0.439 e. The van der Waals surface area contributed by atoms with Crippen LogP contribution in [0.4, 0.5) is 9.59 Å². The molecule has 2 N–H and O–H groups in total. The van der Waals surface area contributed by atoms with Gasteiger partial charge in [-0.3, -0.25) is 10.6 Å². The van der Waals surface area contributed by atoms with Gasteiger partial charge in [-0.15, -0.1) is 0 Å². The number of esters is 2. The third kappa shape index (κ3) is 6.17. The number of hydrogen-bond acceptors (Lipinski definition) is 8. The summed E-state index contributed by atoms with van der Waals surface area (Å²) in [5, 5.41) is 6.76. The Labute approximate surface area is 206 Å². The van der Waals surface area contributed by atoms with E-state index < -0.39 is 36.6 Å². The zero-order chi connectivity index (χ0) is 26.2. The van der Waals surface area contributed by atoms with Crippen LogP contribution in [-0.4, -0.2) is 36.6 Å². The first-order chi connectivity index (χ1) is 17.2. The number of ether oxygens (including phenoxy) is 4. The van der Waals surface area contributed by atoms with Crippen LogP contribution in [0.2, 0.25) is 0 Å². The fourth-order valence-electron chi connectivity index (χ4n) is 3.35. The van der Waals surface area contributed by atoms with Gasteiger partial charge in [-0.05, 0) is 13.8 Å². The molecule has 10 nitrogen and oxygen atoms in total. The average Bonchev–Trinajstić information content (AvgIpc) is 2.85. The molecule has 36 heavy (non-hydrogen) atoms. The van der Waals surface area contributed by atoms with Crippen molar-refractivity contribution in [3.8, 4) is 11.5 Å². The number of benzene rings is 3. The summed E-state index contributed by atoms with van der Waals surface area (Å²) in [6.07, 6.45) is -1.71. The molecular formula is C26H24N2O8. The monoisotopic (exact) mass is 492 g/mol. The fraction of sp³-hybridized carbons (Fsp3) is 0.154. The number of fused-ring (bicyclic) bond motifs is 2. The molecule has 0 saturated carbocycles. The van der Waals surface area contributed by atoms with Crippen LogP contribution in [-0.2, 0) is 19.1 Å². The second-order valence-corrected chi connectivity index (χ2v) is 7.38. The molecule has 3 rings (SSSR count). The molecule has 0 saturated heterocycles. The van der Waals surface area contributed by atoms with Gasteiger partial charge in [-0.25, -0.2) is 19.2 Å². The number of nitrogens with one attached hydrogen (secondary N) is 2. The molecular weight excluding hydrogens is 468 g/mol. The Morgan fingerprint density at radius 1 is 0.667 bits per heavy atom. The quantitative estimate of drug-likeness (QED) is 0.206. The van der Waals surface area contributed by atoms with Crippen LogP contribution in [0, 0.1) is 0 Å². The molecule has 0 aliphatic rings. The van der Waals surface area contributed by atoms with Crippen molar-refractivity contribution in [1.29, 1.82) is 0 Å². The summed E-state index contributed by atoms with van der Waals surface area (Å²) >= 11 is 0. The van der Waals surface area contributed by atoms with Crippen molar-refractivity contribution in [2.45, 2.75) is 26.3 Å². The molecule has 10 heteroatoms. The summed E-state index contributed by atoms with van der Waals surface area (Å²) in [6, 6.07) is 13.7. The van der Waals surface area contributed by atoms with Gasteiger partial charge in [0.2, 0.25) is 0 Å². The minimum atomic E-state index is -0.969. The highest BCUT2D eigenvalue weighted by Gasteiger charge is 2.22. The zero-order valence-electron chi connectivity index (χ0n) is 19.6. The molecule has 0 bridgehead atoms. The highest BCUT2D eigenvalue weighted by atomic mass is 16.6. The second kappa shape index (κ2) is 11.5. The van der Waals surface area contributed by atoms with Crippen LogP contribution in [0.25, 0.3) is 21.5 Å². The van der Waals surface area contributed by atoms with Gasteiger partial charge in [0, 0.05) is 33.7 Å². The van der Waals surface area contributed by atoms with Crippen LogP contribution >= 0.6 is 0 Å². The maximum absolute atomic E-state index is 12.6. The Hall–Kier alpha value is -4.86. The van der Waals surface area contributed by atoms with Crippen molar-refractivity contribution in [3.05, 3.63) is 73.8 Å². The zero-order valence-corrected chi connectivity index (χ0v) is 19.6. The third-order valence-electron chi connectivity index (χ3n) is 4.78. The van der Waals surface area contributed by atoms with Gasteiger partial charge in [0.1, 0.15) is 11.5 Å². The average molecular weight is 492 g/mol. The van der Waals surface area contributed by atoms with E-state index in [1.165, 1.54) is 13.8 Å². The third-order valence-corrected chi connectivity index (χ3v) is 4.78. The lowest BCUT2D eigenvalue weighted by Crippen LogP contribution is -2.38. The molecule has 0 aliphatic carbocycles. The first-order valence-corrected chi connectivity index (χ1v) is 10.8. The number of hydrogen-bond donors (Lipinski definition) is 2. The first kappa shape index (κ1) is 25.8. The predicted molar refractivity (Wildman–Crippen MR) is 131 cm³/mol. The van der Waals surface area contributed by atoms with E-state index in [0.29, 0.717) is 21.5 Å². The van der Waals surface area contributed by atoms with E-state index in [2.05, 4.69) is 23.8 Å². The van der Waals surface area contributed by atoms with E-state index in [1.54, 1.807) is 48.5 Å². The summed E-state index contributed by atoms with van der Waals surface area (Å²) in [7, 11) is 0. The number of carbonyl (C=O) groups excluding carboxylic acids is 4. The van der Waals surface area contributed by atoms with Crippen molar-refractivity contribution < 1.29 is 38.1 Å². The van der Waals surface area contributed by atoms with Crippen LogP contribution < -0.4 is 20.1 Å². The molecule has 3 aromatic carbocycles. The van der Waals surface area contributed by atoms with Crippen LogP contribution in [0.3, 0.4) is 0 Å². The fourth-order valence-corrected chi connectivity index (χ4v) is 3.35.